The van der Waals surface area contributed by atoms with Crippen molar-refractivity contribution in [2.24, 2.45) is 17.2 Å². The molecule has 0 saturated carbocycles. The number of aromatic hydroxyl groups is 1. The lowest BCUT2D eigenvalue weighted by Crippen LogP contribution is -2.58. The summed E-state index contributed by atoms with van der Waals surface area (Å²) in [6.07, 6.45) is 0.726. The summed E-state index contributed by atoms with van der Waals surface area (Å²) in [5.41, 5.74) is 20.4. The SMILES string of the molecule is Br.Br.NC(=O)[C@@H](Cc1ccccc1)NC(=O)[C@H](Cc1ccccc1)NC(=O)[C@@H]1C[C@H](N)CN1C(=O)[C@@H](N)Cc1ccc(O)cc1. The normalized spacial score (nSPS) is 17.5. The van der Waals surface area contributed by atoms with Crippen LogP contribution in [0.4, 0.5) is 0 Å². The Hall–Kier alpha value is -3.78. The fourth-order valence-corrected chi connectivity index (χ4v) is 5.22. The van der Waals surface area contributed by atoms with E-state index in [1.807, 2.05) is 60.7 Å². The number of nitrogens with one attached hydrogen (secondary N) is 2. The molecule has 0 radical (unpaired) electrons. The number of carbonyl (C=O) groups excluding carboxylic acids is 4. The van der Waals surface area contributed by atoms with Gasteiger partial charge in [0, 0.05) is 25.4 Å². The number of amides is 4. The summed E-state index contributed by atoms with van der Waals surface area (Å²) < 4.78 is 0. The van der Waals surface area contributed by atoms with Gasteiger partial charge in [-0.3, -0.25) is 19.2 Å². The molecule has 0 aliphatic carbocycles. The van der Waals surface area contributed by atoms with Crippen molar-refractivity contribution in [3.63, 3.8) is 0 Å². The van der Waals surface area contributed by atoms with E-state index in [0.717, 1.165) is 16.7 Å². The summed E-state index contributed by atoms with van der Waals surface area (Å²) in [5, 5.41) is 15.0. The predicted molar refractivity (Wildman–Crippen MR) is 182 cm³/mol. The highest BCUT2D eigenvalue weighted by Gasteiger charge is 2.41. The molecule has 5 atom stereocenters. The number of phenols is 1. The minimum atomic E-state index is -1.06. The molecule has 45 heavy (non-hydrogen) atoms. The Labute approximate surface area is 283 Å². The molecule has 1 fully saturated rings. The highest BCUT2D eigenvalue weighted by atomic mass is 79.9. The van der Waals surface area contributed by atoms with E-state index in [2.05, 4.69) is 10.6 Å². The summed E-state index contributed by atoms with van der Waals surface area (Å²) in [6, 6.07) is 20.2. The van der Waals surface area contributed by atoms with Crippen molar-refractivity contribution in [2.45, 2.75) is 55.9 Å². The number of hydrogen-bond donors (Lipinski definition) is 6. The Morgan fingerprint density at radius 2 is 1.29 bits per heavy atom. The number of halogens is 2. The van der Waals surface area contributed by atoms with Gasteiger partial charge in [0.15, 0.2) is 0 Å². The smallest absolute Gasteiger partial charge is 0.243 e. The maximum atomic E-state index is 13.6. The molecule has 242 valence electrons. The van der Waals surface area contributed by atoms with E-state index >= 15 is 0 Å². The largest absolute Gasteiger partial charge is 0.508 e. The van der Waals surface area contributed by atoms with Crippen LogP contribution in [0.2, 0.25) is 0 Å². The number of phenolic OH excluding ortho intramolecular Hbond substituents is 1. The van der Waals surface area contributed by atoms with Crippen molar-refractivity contribution < 1.29 is 24.3 Å². The molecule has 4 rings (SSSR count). The fourth-order valence-electron chi connectivity index (χ4n) is 5.22. The first-order valence-corrected chi connectivity index (χ1v) is 14.2. The molecule has 3 aromatic rings. The molecule has 0 bridgehead atoms. The second kappa shape index (κ2) is 17.6. The zero-order valence-electron chi connectivity index (χ0n) is 24.6. The van der Waals surface area contributed by atoms with Gasteiger partial charge in [0.05, 0.1) is 6.04 Å². The van der Waals surface area contributed by atoms with Gasteiger partial charge in [-0.25, -0.2) is 0 Å². The molecule has 0 spiro atoms. The average molecular weight is 749 g/mol. The number of rotatable bonds is 12. The highest BCUT2D eigenvalue weighted by molar-refractivity contribution is 8.93. The van der Waals surface area contributed by atoms with Crippen LogP contribution in [-0.4, -0.2) is 70.4 Å². The molecule has 0 unspecified atom stereocenters. The predicted octanol–water partition coefficient (Wildman–Crippen LogP) is 1.29. The lowest BCUT2D eigenvalue weighted by atomic mass is 10.0. The number of nitrogens with two attached hydrogens (primary N) is 3. The molecule has 4 amide bonds. The molecule has 11 nitrogen and oxygen atoms in total. The average Bonchev–Trinajstić information content (AvgIpc) is 3.39. The highest BCUT2D eigenvalue weighted by Crippen LogP contribution is 2.20. The van der Waals surface area contributed by atoms with E-state index in [-0.39, 0.29) is 71.9 Å². The standard InChI is InChI=1S/C32H38N6O5.2BrH/c33-23-18-28(38(19-23)32(43)25(34)15-22-11-13-24(39)14-12-22)31(42)37-27(17-21-9-5-2-6-10-21)30(41)36-26(29(35)40)16-20-7-3-1-4-8-20;;/h1-14,23,25-28,39H,15-19,33-34H2,(H2,35,40)(H,36,41)(H,37,42);2*1H/t23-,25-,26+,27-,28-;;/m0../s1. The molecule has 9 N–H and O–H groups in total. The summed E-state index contributed by atoms with van der Waals surface area (Å²) in [7, 11) is 0. The third-order valence-corrected chi connectivity index (χ3v) is 7.49. The summed E-state index contributed by atoms with van der Waals surface area (Å²) in [4.78, 5) is 54.2. The van der Waals surface area contributed by atoms with E-state index in [9.17, 15) is 24.3 Å². The Kier molecular flexibility index (Phi) is 14.7. The van der Waals surface area contributed by atoms with Gasteiger partial charge in [0.2, 0.25) is 23.6 Å². The first-order chi connectivity index (χ1) is 20.6. The van der Waals surface area contributed by atoms with Gasteiger partial charge in [-0.1, -0.05) is 72.8 Å². The zero-order valence-corrected chi connectivity index (χ0v) is 28.0. The van der Waals surface area contributed by atoms with E-state index in [1.165, 1.54) is 17.0 Å². The third kappa shape index (κ3) is 10.7. The van der Waals surface area contributed by atoms with Crippen LogP contribution in [-0.2, 0) is 38.4 Å². The molecule has 1 saturated heterocycles. The van der Waals surface area contributed by atoms with Crippen LogP contribution < -0.4 is 27.8 Å². The molecule has 3 aromatic carbocycles. The maximum absolute atomic E-state index is 13.6. The van der Waals surface area contributed by atoms with Gasteiger partial charge in [0.25, 0.3) is 0 Å². The number of likely N-dealkylation sites (tertiary alicyclic amines) is 1. The van der Waals surface area contributed by atoms with E-state index in [0.29, 0.717) is 0 Å². The number of hydrogen-bond acceptors (Lipinski definition) is 7. The number of benzene rings is 3. The quantitative estimate of drug-likeness (QED) is 0.161. The van der Waals surface area contributed by atoms with Crippen LogP contribution in [0.5, 0.6) is 5.75 Å². The lowest BCUT2D eigenvalue weighted by Gasteiger charge is -2.29. The molecule has 0 aromatic heterocycles. The number of nitrogens with zero attached hydrogens (tertiary/aromatic N) is 1. The Morgan fingerprint density at radius 3 is 1.82 bits per heavy atom. The van der Waals surface area contributed by atoms with Crippen molar-refractivity contribution in [2.75, 3.05) is 6.54 Å². The Balaban J connectivity index is 0.00000353. The van der Waals surface area contributed by atoms with Gasteiger partial charge in [-0.15, -0.1) is 34.0 Å². The van der Waals surface area contributed by atoms with Gasteiger partial charge < -0.3 is 37.8 Å². The van der Waals surface area contributed by atoms with Crippen LogP contribution in [0.1, 0.15) is 23.1 Å². The van der Waals surface area contributed by atoms with Crippen LogP contribution in [0.15, 0.2) is 84.9 Å². The fraction of sp³-hybridized carbons (Fsp3) is 0.312. The first-order valence-electron chi connectivity index (χ1n) is 14.2. The molecule has 1 aliphatic rings. The summed E-state index contributed by atoms with van der Waals surface area (Å²) in [5.74, 6) is -2.18. The second-order valence-corrected chi connectivity index (χ2v) is 10.9. The molecular formula is C32H40Br2N6O5. The molecule has 1 aliphatic heterocycles. The molecular weight excluding hydrogens is 708 g/mol. The van der Waals surface area contributed by atoms with Gasteiger partial charge in [0.1, 0.15) is 23.9 Å². The minimum Gasteiger partial charge on any atom is -0.508 e. The van der Waals surface area contributed by atoms with Crippen molar-refractivity contribution in [1.29, 1.82) is 0 Å². The van der Waals surface area contributed by atoms with Gasteiger partial charge in [-0.2, -0.15) is 0 Å². The topological polar surface area (TPSA) is 194 Å². The van der Waals surface area contributed by atoms with Crippen molar-refractivity contribution in [3.8, 4) is 5.75 Å². The molecule has 13 heteroatoms. The van der Waals surface area contributed by atoms with Crippen molar-refractivity contribution in [1.82, 2.24) is 15.5 Å². The first kappa shape index (κ1) is 37.4. The van der Waals surface area contributed by atoms with Crippen LogP contribution in [0, 0.1) is 0 Å². The van der Waals surface area contributed by atoms with Gasteiger partial charge >= 0.3 is 0 Å². The lowest BCUT2D eigenvalue weighted by molar-refractivity contribution is -0.140. The Bertz CT molecular complexity index is 1410. The second-order valence-electron chi connectivity index (χ2n) is 10.9. The molecule has 1 heterocycles. The maximum Gasteiger partial charge on any atom is 0.243 e. The number of carbonyl (C=O) groups is 4. The van der Waals surface area contributed by atoms with Crippen LogP contribution in [0.3, 0.4) is 0 Å². The summed E-state index contributed by atoms with van der Waals surface area (Å²) >= 11 is 0. The van der Waals surface area contributed by atoms with Crippen molar-refractivity contribution >= 4 is 57.6 Å². The van der Waals surface area contributed by atoms with E-state index in [4.69, 9.17) is 17.2 Å². The van der Waals surface area contributed by atoms with Crippen LogP contribution in [0.25, 0.3) is 0 Å². The van der Waals surface area contributed by atoms with E-state index in [1.54, 1.807) is 12.1 Å². The number of primary amides is 1. The van der Waals surface area contributed by atoms with Gasteiger partial charge in [-0.05, 0) is 41.7 Å². The third-order valence-electron chi connectivity index (χ3n) is 7.49. The van der Waals surface area contributed by atoms with Crippen molar-refractivity contribution in [3.05, 3.63) is 102 Å². The summed E-state index contributed by atoms with van der Waals surface area (Å²) in [6.45, 7) is 0.135. The monoisotopic (exact) mass is 746 g/mol. The van der Waals surface area contributed by atoms with E-state index < -0.39 is 53.8 Å². The minimum absolute atomic E-state index is 0. The van der Waals surface area contributed by atoms with Crippen LogP contribution >= 0.6 is 34.0 Å². The zero-order chi connectivity index (χ0) is 30.9. The Morgan fingerprint density at radius 1 is 0.778 bits per heavy atom.